The van der Waals surface area contributed by atoms with Crippen LogP contribution in [0.25, 0.3) is 0 Å². The molecule has 0 spiro atoms. The Morgan fingerprint density at radius 3 is 2.82 bits per heavy atom. The number of halogens is 1. The third kappa shape index (κ3) is 5.11. The molecule has 3 rings (SSSR count). The molecule has 1 saturated heterocycles. The molecule has 1 atom stereocenters. The predicted molar refractivity (Wildman–Crippen MR) is 106 cm³/mol. The van der Waals surface area contributed by atoms with Crippen molar-refractivity contribution in [3.63, 3.8) is 0 Å². The molecular weight excluding hydrogens is 357 g/mol. The second-order valence-corrected chi connectivity index (χ2v) is 6.77. The van der Waals surface area contributed by atoms with Crippen LogP contribution in [0.4, 0.5) is 4.39 Å². The second-order valence-electron chi connectivity index (χ2n) is 6.77. The summed E-state index contributed by atoms with van der Waals surface area (Å²) in [5.41, 5.74) is 0.829. The molecule has 6 nitrogen and oxygen atoms in total. The molecule has 0 bridgehead atoms. The summed E-state index contributed by atoms with van der Waals surface area (Å²) in [5.74, 6) is 1.18. The molecule has 2 aromatic rings. The first-order valence-electron chi connectivity index (χ1n) is 9.69. The maximum Gasteiger partial charge on any atom is 0.191 e. The minimum absolute atomic E-state index is 0.125. The number of rotatable bonds is 7. The highest BCUT2D eigenvalue weighted by Crippen LogP contribution is 2.24. The lowest BCUT2D eigenvalue weighted by atomic mass is 10.1. The summed E-state index contributed by atoms with van der Waals surface area (Å²) in [6, 6.07) is 10.4. The van der Waals surface area contributed by atoms with Crippen molar-refractivity contribution in [2.75, 3.05) is 26.2 Å². The first-order chi connectivity index (χ1) is 13.7. The van der Waals surface area contributed by atoms with Crippen molar-refractivity contribution < 1.29 is 8.81 Å². The maximum atomic E-state index is 14.0. The third-order valence-corrected chi connectivity index (χ3v) is 4.84. The molecule has 1 fully saturated rings. The van der Waals surface area contributed by atoms with Crippen LogP contribution in [0.1, 0.15) is 42.7 Å². The zero-order valence-corrected chi connectivity index (χ0v) is 16.1. The summed E-state index contributed by atoms with van der Waals surface area (Å²) >= 11 is 0. The fourth-order valence-electron chi connectivity index (χ4n) is 3.41. The molecule has 148 valence electrons. The van der Waals surface area contributed by atoms with E-state index in [0.717, 1.165) is 18.8 Å². The molecule has 0 radical (unpaired) electrons. The molecule has 7 heteroatoms. The van der Waals surface area contributed by atoms with E-state index in [1.165, 1.54) is 31.0 Å². The standard InChI is InChI=1S/C21H26FN5O/c1-2-24-21(25-14-17-12-16(13-23)7-8-18(17)22)26-15-19(20-6-5-11-28-20)27-9-3-4-10-27/h5-8,11-12,19H,2-4,9-10,14-15H2,1H3,(H2,24,25,26). The number of nitrogens with one attached hydrogen (secondary N) is 2. The Balaban J connectivity index is 1.69. The molecule has 1 aliphatic heterocycles. The van der Waals surface area contributed by atoms with Crippen molar-refractivity contribution in [1.82, 2.24) is 15.5 Å². The number of likely N-dealkylation sites (tertiary alicyclic amines) is 1. The van der Waals surface area contributed by atoms with Crippen molar-refractivity contribution in [2.45, 2.75) is 32.4 Å². The van der Waals surface area contributed by atoms with Gasteiger partial charge in [0.2, 0.25) is 0 Å². The summed E-state index contributed by atoms with van der Waals surface area (Å²) in [6.07, 6.45) is 4.09. The van der Waals surface area contributed by atoms with E-state index in [1.807, 2.05) is 25.1 Å². The normalized spacial score (nSPS) is 16.0. The average molecular weight is 383 g/mol. The Bertz CT molecular complexity index is 822. The van der Waals surface area contributed by atoms with Gasteiger partial charge >= 0.3 is 0 Å². The van der Waals surface area contributed by atoms with Gasteiger partial charge in [-0.2, -0.15) is 5.26 Å². The van der Waals surface area contributed by atoms with Crippen LogP contribution in [0.2, 0.25) is 0 Å². The van der Waals surface area contributed by atoms with Crippen LogP contribution in [0.3, 0.4) is 0 Å². The molecule has 28 heavy (non-hydrogen) atoms. The van der Waals surface area contributed by atoms with Gasteiger partial charge < -0.3 is 15.1 Å². The average Bonchev–Trinajstić information content (AvgIpc) is 3.42. The van der Waals surface area contributed by atoms with E-state index in [0.29, 0.717) is 30.2 Å². The lowest BCUT2D eigenvalue weighted by Crippen LogP contribution is -2.42. The second kappa shape index (κ2) is 9.90. The van der Waals surface area contributed by atoms with Crippen LogP contribution in [0.15, 0.2) is 46.0 Å². The van der Waals surface area contributed by atoms with Crippen LogP contribution in [-0.4, -0.2) is 37.0 Å². The fraction of sp³-hybridized carbons (Fsp3) is 0.429. The van der Waals surface area contributed by atoms with Crippen LogP contribution < -0.4 is 10.6 Å². The maximum absolute atomic E-state index is 14.0. The summed E-state index contributed by atoms with van der Waals surface area (Å²) in [4.78, 5) is 6.90. The lowest BCUT2D eigenvalue weighted by molar-refractivity contribution is 0.215. The number of guanidine groups is 1. The van der Waals surface area contributed by atoms with Crippen molar-refractivity contribution in [3.8, 4) is 6.07 Å². The van der Waals surface area contributed by atoms with Crippen molar-refractivity contribution in [3.05, 3.63) is 59.3 Å². The predicted octanol–water partition coefficient (Wildman–Crippen LogP) is 3.18. The summed E-state index contributed by atoms with van der Waals surface area (Å²) in [6.45, 7) is 5.58. The minimum Gasteiger partial charge on any atom is -0.468 e. The Morgan fingerprint density at radius 1 is 1.32 bits per heavy atom. The Kier molecular flexibility index (Phi) is 7.04. The molecule has 1 aromatic heterocycles. The van der Waals surface area contributed by atoms with E-state index in [9.17, 15) is 4.39 Å². The highest BCUT2D eigenvalue weighted by molar-refractivity contribution is 5.79. The van der Waals surface area contributed by atoms with Gasteiger partial charge in [-0.25, -0.2) is 9.38 Å². The zero-order chi connectivity index (χ0) is 19.8. The van der Waals surface area contributed by atoms with Gasteiger partial charge in [-0.05, 0) is 63.2 Å². The molecule has 1 aromatic carbocycles. The molecule has 1 aliphatic rings. The van der Waals surface area contributed by atoms with E-state index in [2.05, 4.69) is 20.5 Å². The summed E-state index contributed by atoms with van der Waals surface area (Å²) < 4.78 is 19.7. The zero-order valence-electron chi connectivity index (χ0n) is 16.1. The highest BCUT2D eigenvalue weighted by Gasteiger charge is 2.25. The first kappa shape index (κ1) is 19.9. The van der Waals surface area contributed by atoms with Crippen LogP contribution >= 0.6 is 0 Å². The Morgan fingerprint density at radius 2 is 2.14 bits per heavy atom. The van der Waals surface area contributed by atoms with Gasteiger partial charge in [0.1, 0.15) is 11.6 Å². The number of benzene rings is 1. The number of nitrogens with zero attached hydrogens (tertiary/aromatic N) is 3. The van der Waals surface area contributed by atoms with Gasteiger partial charge in [0, 0.05) is 18.7 Å². The molecule has 1 unspecified atom stereocenters. The molecule has 2 heterocycles. The number of hydrogen-bond acceptors (Lipinski definition) is 4. The van der Waals surface area contributed by atoms with Gasteiger partial charge in [-0.3, -0.25) is 4.90 Å². The quantitative estimate of drug-likeness (QED) is 0.567. The van der Waals surface area contributed by atoms with Gasteiger partial charge in [-0.15, -0.1) is 0 Å². The minimum atomic E-state index is -0.357. The first-order valence-corrected chi connectivity index (χ1v) is 9.69. The summed E-state index contributed by atoms with van der Waals surface area (Å²) in [5, 5.41) is 15.6. The SMILES string of the molecule is CCNC(=NCc1cc(C#N)ccc1F)NCC(c1ccco1)N1CCCC1. The van der Waals surface area contributed by atoms with Crippen LogP contribution in [-0.2, 0) is 6.54 Å². The van der Waals surface area contributed by atoms with E-state index in [-0.39, 0.29) is 18.4 Å². The van der Waals surface area contributed by atoms with Gasteiger partial charge in [0.15, 0.2) is 5.96 Å². The van der Waals surface area contributed by atoms with Crippen molar-refractivity contribution in [2.24, 2.45) is 4.99 Å². The Hall–Kier alpha value is -2.85. The monoisotopic (exact) mass is 383 g/mol. The van der Waals surface area contributed by atoms with Gasteiger partial charge in [0.25, 0.3) is 0 Å². The molecular formula is C21H26FN5O. The molecule has 0 aliphatic carbocycles. The van der Waals surface area contributed by atoms with Gasteiger partial charge in [-0.1, -0.05) is 0 Å². The number of furan rings is 1. The highest BCUT2D eigenvalue weighted by atomic mass is 19.1. The number of hydrogen-bond donors (Lipinski definition) is 2. The van der Waals surface area contributed by atoms with Gasteiger partial charge in [0.05, 0.1) is 30.5 Å². The topological polar surface area (TPSA) is 76.6 Å². The molecule has 0 amide bonds. The van der Waals surface area contributed by atoms with Crippen LogP contribution in [0, 0.1) is 17.1 Å². The van der Waals surface area contributed by atoms with E-state index in [1.54, 1.807) is 6.26 Å². The van der Waals surface area contributed by atoms with Crippen molar-refractivity contribution in [1.29, 1.82) is 5.26 Å². The van der Waals surface area contributed by atoms with Crippen molar-refractivity contribution >= 4 is 5.96 Å². The molecule has 0 saturated carbocycles. The van der Waals surface area contributed by atoms with Crippen LogP contribution in [0.5, 0.6) is 0 Å². The molecule has 2 N–H and O–H groups in total. The lowest BCUT2D eigenvalue weighted by Gasteiger charge is -2.26. The van der Waals surface area contributed by atoms with E-state index >= 15 is 0 Å². The Labute approximate surface area is 165 Å². The smallest absolute Gasteiger partial charge is 0.191 e. The number of aliphatic imine (C=N–C) groups is 1. The largest absolute Gasteiger partial charge is 0.468 e. The van der Waals surface area contributed by atoms with E-state index < -0.39 is 0 Å². The van der Waals surface area contributed by atoms with E-state index in [4.69, 9.17) is 9.68 Å². The third-order valence-electron chi connectivity index (χ3n) is 4.84. The fourth-order valence-corrected chi connectivity index (χ4v) is 3.41. The number of nitriles is 1. The summed E-state index contributed by atoms with van der Waals surface area (Å²) in [7, 11) is 0.